The van der Waals surface area contributed by atoms with Crippen molar-refractivity contribution < 1.29 is 9.47 Å². The summed E-state index contributed by atoms with van der Waals surface area (Å²) in [7, 11) is 3.30. The fourth-order valence-corrected chi connectivity index (χ4v) is 3.19. The molecule has 4 heteroatoms. The summed E-state index contributed by atoms with van der Waals surface area (Å²) in [4.78, 5) is 0. The van der Waals surface area contributed by atoms with Gasteiger partial charge < -0.3 is 15.2 Å². The van der Waals surface area contributed by atoms with Gasteiger partial charge in [-0.3, -0.25) is 0 Å². The van der Waals surface area contributed by atoms with E-state index in [-0.39, 0.29) is 5.41 Å². The van der Waals surface area contributed by atoms with Gasteiger partial charge in [0, 0.05) is 28.6 Å². The van der Waals surface area contributed by atoms with Gasteiger partial charge in [0.25, 0.3) is 0 Å². The van der Waals surface area contributed by atoms with Crippen molar-refractivity contribution in [3.05, 3.63) is 22.2 Å². The van der Waals surface area contributed by atoms with Crippen LogP contribution in [0.2, 0.25) is 5.02 Å². The number of hydrogen-bond acceptors (Lipinski definition) is 3. The third-order valence-corrected chi connectivity index (χ3v) is 4.31. The second-order valence-electron chi connectivity index (χ2n) is 5.52. The molecular formula is C15H22ClNO2. The fraction of sp³-hybridized carbons (Fsp3) is 0.600. The summed E-state index contributed by atoms with van der Waals surface area (Å²) >= 11 is 6.50. The Morgan fingerprint density at radius 3 is 2.32 bits per heavy atom. The molecule has 0 spiro atoms. The molecule has 0 aliphatic heterocycles. The second-order valence-corrected chi connectivity index (χ2v) is 5.93. The summed E-state index contributed by atoms with van der Waals surface area (Å²) in [5, 5.41) is 0.740. The van der Waals surface area contributed by atoms with Crippen LogP contribution >= 0.6 is 11.6 Å². The van der Waals surface area contributed by atoms with Gasteiger partial charge in [0.05, 0.1) is 14.2 Å². The van der Waals surface area contributed by atoms with Crippen molar-refractivity contribution in [2.24, 2.45) is 5.73 Å². The molecule has 0 amide bonds. The first-order valence-corrected chi connectivity index (χ1v) is 7.03. The number of ether oxygens (including phenoxy) is 2. The van der Waals surface area contributed by atoms with Crippen molar-refractivity contribution >= 4 is 11.6 Å². The maximum absolute atomic E-state index is 6.50. The average molecular weight is 284 g/mol. The second kappa shape index (κ2) is 5.22. The van der Waals surface area contributed by atoms with Crippen molar-refractivity contribution in [3.8, 4) is 11.5 Å². The first-order chi connectivity index (χ1) is 9.00. The lowest BCUT2D eigenvalue weighted by Gasteiger charge is -2.25. The van der Waals surface area contributed by atoms with Gasteiger partial charge >= 0.3 is 0 Å². The molecule has 2 rings (SSSR count). The van der Waals surface area contributed by atoms with E-state index >= 15 is 0 Å². The molecule has 1 saturated carbocycles. The summed E-state index contributed by atoms with van der Waals surface area (Å²) < 4.78 is 11.0. The van der Waals surface area contributed by atoms with Crippen molar-refractivity contribution in [1.29, 1.82) is 0 Å². The van der Waals surface area contributed by atoms with Gasteiger partial charge in [-0.05, 0) is 24.3 Å². The molecule has 1 fully saturated rings. The van der Waals surface area contributed by atoms with Gasteiger partial charge in [0.2, 0.25) is 0 Å². The van der Waals surface area contributed by atoms with Crippen LogP contribution in [0.4, 0.5) is 0 Å². The Bertz CT molecular complexity index is 482. The lowest BCUT2D eigenvalue weighted by molar-refractivity contribution is 0.349. The molecule has 1 aromatic carbocycles. The molecule has 19 heavy (non-hydrogen) atoms. The Balaban J connectivity index is 2.72. The summed E-state index contributed by atoms with van der Waals surface area (Å²) in [6, 6.07) is 1.84. The zero-order valence-corrected chi connectivity index (χ0v) is 12.8. The van der Waals surface area contributed by atoms with E-state index in [1.165, 1.54) is 0 Å². The van der Waals surface area contributed by atoms with Crippen LogP contribution < -0.4 is 15.2 Å². The smallest absolute Gasteiger partial charge is 0.164 e. The van der Waals surface area contributed by atoms with Gasteiger partial charge in [0.1, 0.15) is 0 Å². The van der Waals surface area contributed by atoms with Gasteiger partial charge in [-0.1, -0.05) is 25.4 Å². The Kier molecular flexibility index (Phi) is 3.98. The minimum Gasteiger partial charge on any atom is -0.493 e. The minimum atomic E-state index is 0.0379. The number of rotatable bonds is 5. The van der Waals surface area contributed by atoms with Crippen LogP contribution in [0.3, 0.4) is 0 Å². The molecule has 0 aromatic heterocycles. The lowest BCUT2D eigenvalue weighted by Crippen LogP contribution is -2.22. The van der Waals surface area contributed by atoms with E-state index in [1.807, 2.05) is 6.07 Å². The third-order valence-electron chi connectivity index (χ3n) is 4.01. The van der Waals surface area contributed by atoms with Crippen LogP contribution in [0.25, 0.3) is 0 Å². The zero-order valence-electron chi connectivity index (χ0n) is 12.0. The number of methoxy groups -OCH3 is 2. The highest BCUT2D eigenvalue weighted by molar-refractivity contribution is 6.32. The molecule has 3 nitrogen and oxygen atoms in total. The Morgan fingerprint density at radius 1 is 1.32 bits per heavy atom. The predicted molar refractivity (Wildman–Crippen MR) is 78.6 cm³/mol. The van der Waals surface area contributed by atoms with E-state index < -0.39 is 0 Å². The van der Waals surface area contributed by atoms with Gasteiger partial charge in [-0.2, -0.15) is 0 Å². The van der Waals surface area contributed by atoms with Crippen molar-refractivity contribution in [2.75, 3.05) is 20.8 Å². The Morgan fingerprint density at radius 2 is 1.95 bits per heavy atom. The summed E-state index contributed by atoms with van der Waals surface area (Å²) in [6.45, 7) is 4.91. The van der Waals surface area contributed by atoms with E-state index in [9.17, 15) is 0 Å². The van der Waals surface area contributed by atoms with Crippen molar-refractivity contribution in [3.63, 3.8) is 0 Å². The zero-order chi connectivity index (χ0) is 14.2. The predicted octanol–water partition coefficient (Wildman–Crippen LogP) is 3.47. The molecule has 0 bridgehead atoms. The Hall–Kier alpha value is -0.930. The van der Waals surface area contributed by atoms with Crippen LogP contribution in [0.5, 0.6) is 11.5 Å². The first kappa shape index (κ1) is 14.5. The van der Waals surface area contributed by atoms with E-state index in [1.54, 1.807) is 14.2 Å². The van der Waals surface area contributed by atoms with Gasteiger partial charge in [0.15, 0.2) is 11.5 Å². The minimum absolute atomic E-state index is 0.0379. The van der Waals surface area contributed by atoms with Crippen LogP contribution in [0, 0.1) is 0 Å². The van der Waals surface area contributed by atoms with Crippen LogP contribution in [0.1, 0.15) is 43.7 Å². The topological polar surface area (TPSA) is 44.5 Å². The average Bonchev–Trinajstić information content (AvgIpc) is 3.17. The SMILES string of the molecule is COc1cc(Cl)c(C2(CN)CC2)c(C(C)C)c1OC. The highest BCUT2D eigenvalue weighted by Gasteiger charge is 2.47. The number of benzene rings is 1. The van der Waals surface area contributed by atoms with Gasteiger partial charge in [-0.15, -0.1) is 0 Å². The van der Waals surface area contributed by atoms with E-state index in [4.69, 9.17) is 26.8 Å². The molecule has 0 radical (unpaired) electrons. The monoisotopic (exact) mass is 283 g/mol. The molecule has 1 aliphatic rings. The molecule has 2 N–H and O–H groups in total. The number of halogens is 1. The van der Waals surface area contributed by atoms with E-state index in [0.29, 0.717) is 18.2 Å². The molecule has 0 atom stereocenters. The first-order valence-electron chi connectivity index (χ1n) is 6.65. The fourth-order valence-electron chi connectivity index (χ4n) is 2.79. The summed E-state index contributed by atoms with van der Waals surface area (Å²) in [6.07, 6.45) is 2.19. The molecular weight excluding hydrogens is 262 g/mol. The molecule has 0 heterocycles. The highest BCUT2D eigenvalue weighted by Crippen LogP contribution is 2.55. The third kappa shape index (κ3) is 2.30. The van der Waals surface area contributed by atoms with Crippen molar-refractivity contribution in [2.45, 2.75) is 38.0 Å². The Labute approximate surface area is 120 Å². The van der Waals surface area contributed by atoms with E-state index in [0.717, 1.165) is 34.7 Å². The van der Waals surface area contributed by atoms with E-state index in [2.05, 4.69) is 13.8 Å². The normalized spacial score (nSPS) is 16.6. The standard InChI is InChI=1S/C15H22ClNO2/c1-9(2)12-13(15(8-17)5-6-15)10(16)7-11(18-3)14(12)19-4/h7,9H,5-6,8,17H2,1-4H3. The summed E-state index contributed by atoms with van der Waals surface area (Å²) in [5.74, 6) is 1.78. The molecule has 0 saturated heterocycles. The highest BCUT2D eigenvalue weighted by atomic mass is 35.5. The molecule has 1 aliphatic carbocycles. The maximum atomic E-state index is 6.50. The van der Waals surface area contributed by atoms with Crippen LogP contribution in [-0.2, 0) is 5.41 Å². The lowest BCUT2D eigenvalue weighted by atomic mass is 9.85. The largest absolute Gasteiger partial charge is 0.493 e. The molecule has 0 unspecified atom stereocenters. The number of nitrogens with two attached hydrogens (primary N) is 1. The van der Waals surface area contributed by atoms with Gasteiger partial charge in [-0.25, -0.2) is 0 Å². The van der Waals surface area contributed by atoms with Crippen molar-refractivity contribution in [1.82, 2.24) is 0 Å². The molecule has 1 aromatic rings. The maximum Gasteiger partial charge on any atom is 0.164 e. The van der Waals surface area contributed by atoms with Crippen LogP contribution in [-0.4, -0.2) is 20.8 Å². The molecule has 106 valence electrons. The summed E-state index contributed by atoms with van der Waals surface area (Å²) in [5.41, 5.74) is 8.30. The number of hydrogen-bond donors (Lipinski definition) is 1. The van der Waals surface area contributed by atoms with Crippen LogP contribution in [0.15, 0.2) is 6.07 Å². The quantitative estimate of drug-likeness (QED) is 0.900.